The predicted molar refractivity (Wildman–Crippen MR) is 72.1 cm³/mol. The molecule has 0 radical (unpaired) electrons. The van der Waals surface area contributed by atoms with Crippen molar-refractivity contribution in [3.8, 4) is 0 Å². The Morgan fingerprint density at radius 3 is 2.90 bits per heavy atom. The quantitative estimate of drug-likeness (QED) is 0.726. The number of aliphatic hydroxyl groups is 1. The molecule has 0 aromatic carbocycles. The normalized spacial score (nSPS) is 57.1. The maximum Gasteiger partial charge on any atom is 0.288 e. The van der Waals surface area contributed by atoms with E-state index in [1.807, 2.05) is 11.9 Å². The van der Waals surface area contributed by atoms with Gasteiger partial charge in [-0.15, -0.1) is 4.65 Å². The number of carbonyl (C=O) groups excluding carboxylic acids is 1. The molecule has 0 aromatic rings. The third-order valence-corrected chi connectivity index (χ3v) is 6.68. The number of nitrogens with zero attached hydrogens (tertiary/aromatic N) is 2. The minimum absolute atomic E-state index is 0.0243. The Kier molecular flexibility index (Phi) is 2.45. The van der Waals surface area contributed by atoms with E-state index in [0.717, 1.165) is 6.42 Å². The Morgan fingerprint density at radius 1 is 1.45 bits per heavy atom. The van der Waals surface area contributed by atoms with Gasteiger partial charge in [0.2, 0.25) is 11.7 Å². The highest BCUT2D eigenvalue weighted by atomic mass is 16.8. The SMILES string of the molecule is CC1CCC2C(C)[N+]34OC(CO)CC3C(=O)N(C)C24C1. The van der Waals surface area contributed by atoms with Crippen molar-refractivity contribution < 1.29 is 19.4 Å². The number of aliphatic hydroxyl groups excluding tert-OH is 1. The number of hydrogen-bond donors (Lipinski definition) is 1. The maximum atomic E-state index is 12.8. The molecule has 20 heavy (non-hydrogen) atoms. The van der Waals surface area contributed by atoms with Gasteiger partial charge in [0.25, 0.3) is 5.91 Å². The third kappa shape index (κ3) is 1.09. The van der Waals surface area contributed by atoms with Crippen LogP contribution < -0.4 is 0 Å². The Balaban J connectivity index is 1.82. The largest absolute Gasteiger partial charge is 0.393 e. The van der Waals surface area contributed by atoms with Crippen LogP contribution in [-0.2, 0) is 9.63 Å². The molecule has 2 spiro atoms. The second kappa shape index (κ2) is 3.76. The van der Waals surface area contributed by atoms with Crippen LogP contribution in [0.25, 0.3) is 0 Å². The molecule has 4 aliphatic rings. The summed E-state index contributed by atoms with van der Waals surface area (Å²) in [5.74, 6) is 1.42. The van der Waals surface area contributed by atoms with E-state index in [1.165, 1.54) is 12.8 Å². The van der Waals surface area contributed by atoms with Gasteiger partial charge in [0, 0.05) is 19.9 Å². The van der Waals surface area contributed by atoms with Gasteiger partial charge in [0.1, 0.15) is 12.1 Å². The van der Waals surface area contributed by atoms with Gasteiger partial charge in [-0.05, 0) is 25.7 Å². The molecular formula is C15H25N2O3+. The van der Waals surface area contributed by atoms with Gasteiger partial charge >= 0.3 is 0 Å². The molecule has 1 amide bonds. The number of carbonyl (C=O) groups is 1. The predicted octanol–water partition coefficient (Wildman–Crippen LogP) is 0.875. The molecule has 1 saturated carbocycles. The highest BCUT2D eigenvalue weighted by molar-refractivity contribution is 5.83. The fourth-order valence-electron chi connectivity index (χ4n) is 5.95. The van der Waals surface area contributed by atoms with Gasteiger partial charge < -0.3 is 5.11 Å². The molecule has 4 fully saturated rings. The fourth-order valence-corrected chi connectivity index (χ4v) is 5.95. The lowest BCUT2D eigenvalue weighted by Gasteiger charge is -2.66. The van der Waals surface area contributed by atoms with Crippen LogP contribution in [-0.4, -0.2) is 58.1 Å². The summed E-state index contributed by atoms with van der Waals surface area (Å²) in [6, 6.07) is 0.284. The monoisotopic (exact) mass is 281 g/mol. The molecule has 7 unspecified atom stereocenters. The van der Waals surface area contributed by atoms with Crippen LogP contribution in [0.1, 0.15) is 39.5 Å². The van der Waals surface area contributed by atoms with Crippen molar-refractivity contribution in [1.29, 1.82) is 0 Å². The number of likely N-dealkylation sites (N-methyl/N-ethyl adjacent to an activating group) is 1. The average molecular weight is 281 g/mol. The first-order valence-corrected chi connectivity index (χ1v) is 7.94. The summed E-state index contributed by atoms with van der Waals surface area (Å²) in [7, 11) is 1.97. The van der Waals surface area contributed by atoms with Crippen molar-refractivity contribution in [2.75, 3.05) is 13.7 Å². The van der Waals surface area contributed by atoms with Gasteiger partial charge in [-0.3, -0.25) is 9.69 Å². The number of quaternary nitrogens is 1. The van der Waals surface area contributed by atoms with E-state index in [4.69, 9.17) is 4.84 Å². The molecule has 3 aliphatic heterocycles. The van der Waals surface area contributed by atoms with Crippen molar-refractivity contribution in [1.82, 2.24) is 4.90 Å². The minimum atomic E-state index is -0.171. The van der Waals surface area contributed by atoms with E-state index in [9.17, 15) is 9.90 Å². The number of rotatable bonds is 1. The summed E-state index contributed by atoms with van der Waals surface area (Å²) in [5, 5.41) is 9.47. The van der Waals surface area contributed by atoms with E-state index >= 15 is 0 Å². The van der Waals surface area contributed by atoms with Crippen LogP contribution in [0.15, 0.2) is 0 Å². The lowest BCUT2D eigenvalue weighted by Crippen LogP contribution is -2.85. The van der Waals surface area contributed by atoms with E-state index in [-0.39, 0.29) is 30.3 Å². The first-order chi connectivity index (χ1) is 9.49. The molecule has 5 nitrogen and oxygen atoms in total. The smallest absolute Gasteiger partial charge is 0.288 e. The number of hydrogen-bond acceptors (Lipinski definition) is 3. The lowest BCUT2D eigenvalue weighted by molar-refractivity contribution is -1.20. The molecule has 3 heterocycles. The van der Waals surface area contributed by atoms with Gasteiger partial charge in [-0.2, -0.15) is 4.84 Å². The average Bonchev–Trinajstić information content (AvgIpc) is 2.91. The van der Waals surface area contributed by atoms with Crippen LogP contribution in [0.2, 0.25) is 0 Å². The zero-order chi connectivity index (χ0) is 14.3. The summed E-state index contributed by atoms with van der Waals surface area (Å²) in [6.45, 7) is 4.55. The van der Waals surface area contributed by atoms with E-state index in [0.29, 0.717) is 28.9 Å². The Bertz CT molecular complexity index is 470. The van der Waals surface area contributed by atoms with Gasteiger partial charge in [0.15, 0.2) is 0 Å². The summed E-state index contributed by atoms with van der Waals surface area (Å²) in [5.41, 5.74) is -0.150. The molecule has 7 atom stereocenters. The van der Waals surface area contributed by atoms with Crippen molar-refractivity contribution in [2.24, 2.45) is 11.8 Å². The van der Waals surface area contributed by atoms with Crippen molar-refractivity contribution in [3.63, 3.8) is 0 Å². The number of hydroxylamine groups is 3. The first kappa shape index (κ1) is 13.0. The molecule has 1 N–H and O–H groups in total. The van der Waals surface area contributed by atoms with Crippen LogP contribution in [0.4, 0.5) is 0 Å². The highest BCUT2D eigenvalue weighted by Crippen LogP contribution is 2.66. The van der Waals surface area contributed by atoms with Gasteiger partial charge in [-0.25, -0.2) is 0 Å². The Hall–Kier alpha value is -0.650. The van der Waals surface area contributed by atoms with E-state index in [2.05, 4.69) is 13.8 Å². The standard InChI is InChI=1S/C15H25N2O3/c1-9-4-5-12-10(2)17-13(6-11(8-18)20-17)14(19)16(3)15(12,17)7-9/h9-13,18H,4-8H2,1-3H3/q+1. The zero-order valence-corrected chi connectivity index (χ0v) is 12.6. The van der Waals surface area contributed by atoms with Crippen molar-refractivity contribution in [3.05, 3.63) is 0 Å². The summed E-state index contributed by atoms with van der Waals surface area (Å²) < 4.78 is 0.489. The molecular weight excluding hydrogens is 256 g/mol. The topological polar surface area (TPSA) is 49.8 Å². The van der Waals surface area contributed by atoms with Gasteiger partial charge in [-0.1, -0.05) is 6.92 Å². The Labute approximate surface area is 120 Å². The molecule has 4 rings (SSSR count). The second-order valence-electron chi connectivity index (χ2n) is 7.38. The van der Waals surface area contributed by atoms with Crippen LogP contribution >= 0.6 is 0 Å². The number of amides is 1. The van der Waals surface area contributed by atoms with Crippen molar-refractivity contribution >= 4 is 5.91 Å². The van der Waals surface area contributed by atoms with Gasteiger partial charge in [0.05, 0.1) is 12.5 Å². The third-order valence-electron chi connectivity index (χ3n) is 6.68. The summed E-state index contributed by atoms with van der Waals surface area (Å²) in [6.07, 6.45) is 3.99. The first-order valence-electron chi connectivity index (χ1n) is 7.94. The molecule has 5 heteroatoms. The van der Waals surface area contributed by atoms with E-state index < -0.39 is 0 Å². The molecule has 3 saturated heterocycles. The lowest BCUT2D eigenvalue weighted by atomic mass is 9.62. The minimum Gasteiger partial charge on any atom is -0.393 e. The molecule has 112 valence electrons. The van der Waals surface area contributed by atoms with Crippen LogP contribution in [0, 0.1) is 11.8 Å². The molecule has 1 aliphatic carbocycles. The molecule has 0 bridgehead atoms. The van der Waals surface area contributed by atoms with Crippen molar-refractivity contribution in [2.45, 2.75) is 63.4 Å². The summed E-state index contributed by atoms with van der Waals surface area (Å²) in [4.78, 5) is 21.1. The van der Waals surface area contributed by atoms with E-state index in [1.54, 1.807) is 0 Å². The van der Waals surface area contributed by atoms with Crippen LogP contribution in [0.3, 0.4) is 0 Å². The van der Waals surface area contributed by atoms with Crippen LogP contribution in [0.5, 0.6) is 0 Å². The highest BCUT2D eigenvalue weighted by Gasteiger charge is 2.87. The summed E-state index contributed by atoms with van der Waals surface area (Å²) >= 11 is 0. The zero-order valence-electron chi connectivity index (χ0n) is 12.6. The fraction of sp³-hybridized carbons (Fsp3) is 0.933. The molecule has 0 aromatic heterocycles. The Morgan fingerprint density at radius 2 is 2.20 bits per heavy atom. The second-order valence-corrected chi connectivity index (χ2v) is 7.38. The maximum absolute atomic E-state index is 12.8.